The van der Waals surface area contributed by atoms with Crippen LogP contribution in [0.1, 0.15) is 18.4 Å². The lowest BCUT2D eigenvalue weighted by molar-refractivity contribution is -0.128. The van der Waals surface area contributed by atoms with Crippen molar-refractivity contribution >= 4 is 11.8 Å². The Bertz CT molecular complexity index is 761. The first kappa shape index (κ1) is 18.1. The minimum atomic E-state index is -0.344. The van der Waals surface area contributed by atoms with E-state index in [1.807, 2.05) is 35.2 Å². The molecule has 1 aliphatic rings. The Hall–Kier alpha value is -2.66. The number of nitrogens with one attached hydrogen (secondary N) is 1. The third kappa shape index (κ3) is 4.92. The van der Waals surface area contributed by atoms with Crippen molar-refractivity contribution in [3.8, 4) is 11.1 Å². The molecule has 0 aliphatic carbocycles. The van der Waals surface area contributed by atoms with E-state index >= 15 is 0 Å². The van der Waals surface area contributed by atoms with Crippen LogP contribution in [-0.2, 0) is 16.1 Å². The van der Waals surface area contributed by atoms with Crippen LogP contribution < -0.4 is 11.1 Å². The number of amides is 2. The lowest BCUT2D eigenvalue weighted by atomic mass is 9.97. The van der Waals surface area contributed by atoms with Gasteiger partial charge in [0.2, 0.25) is 11.8 Å². The van der Waals surface area contributed by atoms with Crippen molar-refractivity contribution in [2.45, 2.75) is 19.4 Å². The lowest BCUT2D eigenvalue weighted by Gasteiger charge is -2.31. The number of likely N-dealkylation sites (tertiary alicyclic amines) is 1. The number of carbonyl (C=O) groups excluding carboxylic acids is 2. The summed E-state index contributed by atoms with van der Waals surface area (Å²) in [6.07, 6.45) is 1.76. The van der Waals surface area contributed by atoms with Crippen molar-refractivity contribution in [1.29, 1.82) is 0 Å². The predicted octanol–water partition coefficient (Wildman–Crippen LogP) is 2.17. The summed E-state index contributed by atoms with van der Waals surface area (Å²) >= 11 is 0. The highest BCUT2D eigenvalue weighted by Gasteiger charge is 2.26. The topological polar surface area (TPSA) is 75.4 Å². The number of nitrogens with two attached hydrogens (primary N) is 1. The van der Waals surface area contributed by atoms with Gasteiger partial charge in [0.1, 0.15) is 0 Å². The molecule has 1 fully saturated rings. The highest BCUT2D eigenvalue weighted by atomic mass is 16.2. The van der Waals surface area contributed by atoms with Crippen LogP contribution in [0.3, 0.4) is 0 Å². The van der Waals surface area contributed by atoms with Gasteiger partial charge in [0.25, 0.3) is 0 Å². The van der Waals surface area contributed by atoms with Crippen LogP contribution >= 0.6 is 0 Å². The minimum absolute atomic E-state index is 0.0456. The quantitative estimate of drug-likeness (QED) is 0.837. The Morgan fingerprint density at radius 3 is 2.62 bits per heavy atom. The molecule has 1 atom stereocenters. The Labute approximate surface area is 154 Å². The Kier molecular flexibility index (Phi) is 6.02. The van der Waals surface area contributed by atoms with E-state index in [0.717, 1.165) is 36.1 Å². The number of piperidine rings is 1. The fourth-order valence-electron chi connectivity index (χ4n) is 3.46. The maximum absolute atomic E-state index is 12.5. The minimum Gasteiger partial charge on any atom is -0.369 e. The van der Waals surface area contributed by atoms with Gasteiger partial charge in [-0.15, -0.1) is 0 Å². The summed E-state index contributed by atoms with van der Waals surface area (Å²) < 4.78 is 0. The summed E-state index contributed by atoms with van der Waals surface area (Å²) in [6, 6.07) is 18.4. The van der Waals surface area contributed by atoms with Crippen molar-refractivity contribution in [3.05, 3.63) is 60.2 Å². The number of carbonyl (C=O) groups is 2. The van der Waals surface area contributed by atoms with E-state index in [1.165, 1.54) is 0 Å². The lowest BCUT2D eigenvalue weighted by Crippen LogP contribution is -2.45. The largest absolute Gasteiger partial charge is 0.369 e. The second-order valence-corrected chi connectivity index (χ2v) is 6.82. The van der Waals surface area contributed by atoms with Crippen molar-refractivity contribution in [2.24, 2.45) is 11.7 Å². The van der Waals surface area contributed by atoms with Crippen molar-refractivity contribution < 1.29 is 9.59 Å². The average Bonchev–Trinajstić information content (AvgIpc) is 2.67. The fraction of sp³-hybridized carbons (Fsp3) is 0.333. The molecule has 3 N–H and O–H groups in total. The molecule has 1 unspecified atom stereocenters. The van der Waals surface area contributed by atoms with Crippen LogP contribution in [0, 0.1) is 5.92 Å². The summed E-state index contributed by atoms with van der Waals surface area (Å²) in [7, 11) is 0. The third-order valence-corrected chi connectivity index (χ3v) is 4.76. The standard InChI is InChI=1S/C21H25N3O2/c22-20(25)15-24-11-5-10-19(14-24)21(26)23-13-16-6-4-9-18(12-16)17-7-2-1-3-8-17/h1-4,6-9,12,19H,5,10-11,13-15H2,(H2,22,25)(H,23,26). The molecule has 0 radical (unpaired) electrons. The number of rotatable bonds is 6. The molecule has 2 amide bonds. The first-order chi connectivity index (χ1) is 12.6. The summed E-state index contributed by atoms with van der Waals surface area (Å²) in [5.74, 6) is -0.381. The molecule has 0 saturated carbocycles. The zero-order chi connectivity index (χ0) is 18.4. The molecule has 3 rings (SSSR count). The molecule has 1 heterocycles. The number of hydrogen-bond donors (Lipinski definition) is 2. The predicted molar refractivity (Wildman–Crippen MR) is 102 cm³/mol. The zero-order valence-corrected chi connectivity index (χ0v) is 14.9. The maximum Gasteiger partial charge on any atom is 0.231 e. The molecule has 5 nitrogen and oxygen atoms in total. The molecule has 2 aromatic carbocycles. The van der Waals surface area contributed by atoms with Gasteiger partial charge in [-0.05, 0) is 42.1 Å². The molecule has 1 saturated heterocycles. The summed E-state index contributed by atoms with van der Waals surface area (Å²) in [6.45, 7) is 2.15. The molecule has 2 aromatic rings. The van der Waals surface area contributed by atoms with Crippen molar-refractivity contribution in [1.82, 2.24) is 10.2 Å². The molecule has 0 spiro atoms. The number of primary amides is 1. The van der Waals surface area contributed by atoms with Gasteiger partial charge in [-0.2, -0.15) is 0 Å². The molecule has 1 aliphatic heterocycles. The van der Waals surface area contributed by atoms with E-state index in [1.54, 1.807) is 0 Å². The van der Waals surface area contributed by atoms with Gasteiger partial charge >= 0.3 is 0 Å². The smallest absolute Gasteiger partial charge is 0.231 e. The molecule has 5 heteroatoms. The van der Waals surface area contributed by atoms with E-state index < -0.39 is 0 Å². The van der Waals surface area contributed by atoms with Crippen LogP contribution in [0.4, 0.5) is 0 Å². The van der Waals surface area contributed by atoms with E-state index in [2.05, 4.69) is 29.6 Å². The van der Waals surface area contributed by atoms with E-state index in [-0.39, 0.29) is 24.3 Å². The van der Waals surface area contributed by atoms with Gasteiger partial charge in [0.15, 0.2) is 0 Å². The Morgan fingerprint density at radius 2 is 1.85 bits per heavy atom. The van der Waals surface area contributed by atoms with E-state index in [9.17, 15) is 9.59 Å². The molecule has 0 aromatic heterocycles. The van der Waals surface area contributed by atoms with Gasteiger partial charge in [0, 0.05) is 13.1 Å². The SMILES string of the molecule is NC(=O)CN1CCCC(C(=O)NCc2cccc(-c3ccccc3)c2)C1. The summed E-state index contributed by atoms with van der Waals surface area (Å²) in [4.78, 5) is 25.6. The first-order valence-electron chi connectivity index (χ1n) is 9.04. The molecular formula is C21H25N3O2. The number of benzene rings is 2. The maximum atomic E-state index is 12.5. The molecule has 0 bridgehead atoms. The van der Waals surface area contributed by atoms with Gasteiger partial charge in [-0.1, -0.05) is 48.5 Å². The second-order valence-electron chi connectivity index (χ2n) is 6.82. The molecule has 136 valence electrons. The summed E-state index contributed by atoms with van der Waals surface area (Å²) in [5.41, 5.74) is 8.64. The highest BCUT2D eigenvalue weighted by Crippen LogP contribution is 2.20. The van der Waals surface area contributed by atoms with Gasteiger partial charge in [-0.3, -0.25) is 14.5 Å². The van der Waals surface area contributed by atoms with Gasteiger partial charge in [-0.25, -0.2) is 0 Å². The Balaban J connectivity index is 1.57. The van der Waals surface area contributed by atoms with Gasteiger partial charge < -0.3 is 11.1 Å². The number of nitrogens with zero attached hydrogens (tertiary/aromatic N) is 1. The van der Waals surface area contributed by atoms with Crippen LogP contribution in [-0.4, -0.2) is 36.3 Å². The van der Waals surface area contributed by atoms with Crippen LogP contribution in [0.25, 0.3) is 11.1 Å². The summed E-state index contributed by atoms with van der Waals surface area (Å²) in [5, 5.41) is 3.04. The second kappa shape index (κ2) is 8.63. The monoisotopic (exact) mass is 351 g/mol. The van der Waals surface area contributed by atoms with Crippen molar-refractivity contribution in [2.75, 3.05) is 19.6 Å². The molecule has 26 heavy (non-hydrogen) atoms. The normalized spacial score (nSPS) is 17.6. The first-order valence-corrected chi connectivity index (χ1v) is 9.04. The van der Waals surface area contributed by atoms with Crippen molar-refractivity contribution in [3.63, 3.8) is 0 Å². The van der Waals surface area contributed by atoms with E-state index in [4.69, 9.17) is 5.73 Å². The highest BCUT2D eigenvalue weighted by molar-refractivity contribution is 5.79. The van der Waals surface area contributed by atoms with Crippen LogP contribution in [0.5, 0.6) is 0 Å². The van der Waals surface area contributed by atoms with Crippen LogP contribution in [0.2, 0.25) is 0 Å². The zero-order valence-electron chi connectivity index (χ0n) is 14.9. The Morgan fingerprint density at radius 1 is 1.08 bits per heavy atom. The third-order valence-electron chi connectivity index (χ3n) is 4.76. The fourth-order valence-corrected chi connectivity index (χ4v) is 3.46. The van der Waals surface area contributed by atoms with Crippen LogP contribution in [0.15, 0.2) is 54.6 Å². The van der Waals surface area contributed by atoms with E-state index in [0.29, 0.717) is 13.1 Å². The van der Waals surface area contributed by atoms with Gasteiger partial charge in [0.05, 0.1) is 12.5 Å². The average molecular weight is 351 g/mol. The molecular weight excluding hydrogens is 326 g/mol. The number of hydrogen-bond acceptors (Lipinski definition) is 3.